The Balaban J connectivity index is 1.72. The van der Waals surface area contributed by atoms with E-state index in [0.717, 1.165) is 25.2 Å². The van der Waals surface area contributed by atoms with Gasteiger partial charge in [0.2, 0.25) is 5.91 Å². The molecule has 4 heteroatoms. The van der Waals surface area contributed by atoms with Gasteiger partial charge < -0.3 is 10.2 Å². The van der Waals surface area contributed by atoms with Crippen molar-refractivity contribution < 1.29 is 4.79 Å². The van der Waals surface area contributed by atoms with Crippen molar-refractivity contribution in [3.05, 3.63) is 29.8 Å². The Bertz CT molecular complexity index is 425. The van der Waals surface area contributed by atoms with E-state index in [1.165, 1.54) is 18.4 Å². The van der Waals surface area contributed by atoms with E-state index in [9.17, 15) is 4.79 Å². The monoisotopic (exact) mass is 292 g/mol. The lowest BCUT2D eigenvalue weighted by atomic mass is 10.1. The maximum atomic E-state index is 11.9. The predicted octanol–water partition coefficient (Wildman–Crippen LogP) is 3.01. The number of hydrogen-bond donors (Lipinski definition) is 1. The maximum absolute atomic E-state index is 11.9. The number of benzene rings is 1. The lowest BCUT2D eigenvalue weighted by molar-refractivity contribution is -0.113. The summed E-state index contributed by atoms with van der Waals surface area (Å²) in [6.07, 6.45) is 3.42. The second-order valence-corrected chi connectivity index (χ2v) is 6.70. The summed E-state index contributed by atoms with van der Waals surface area (Å²) >= 11 is 1.80. The Labute approximate surface area is 126 Å². The molecule has 0 radical (unpaired) electrons. The van der Waals surface area contributed by atoms with Gasteiger partial charge >= 0.3 is 0 Å². The van der Waals surface area contributed by atoms with Crippen molar-refractivity contribution in [3.8, 4) is 0 Å². The molecule has 3 nitrogen and oxygen atoms in total. The Morgan fingerprint density at radius 1 is 1.30 bits per heavy atom. The van der Waals surface area contributed by atoms with Crippen LogP contribution in [0, 0.1) is 0 Å². The first-order valence-electron chi connectivity index (χ1n) is 7.36. The molecule has 0 atom stereocenters. The minimum atomic E-state index is 0.109. The number of aryl methyl sites for hydroxylation is 1. The molecular weight excluding hydrogens is 268 g/mol. The smallest absolute Gasteiger partial charge is 0.234 e. The van der Waals surface area contributed by atoms with Crippen molar-refractivity contribution in [1.82, 2.24) is 4.90 Å². The van der Waals surface area contributed by atoms with E-state index >= 15 is 0 Å². The van der Waals surface area contributed by atoms with Gasteiger partial charge in [-0.25, -0.2) is 0 Å². The van der Waals surface area contributed by atoms with Gasteiger partial charge in [-0.1, -0.05) is 19.1 Å². The SMILES string of the molecule is CCc1ccc(NC(=O)CSC2CCN(C)CC2)cc1. The van der Waals surface area contributed by atoms with Crippen LogP contribution in [0.4, 0.5) is 5.69 Å². The van der Waals surface area contributed by atoms with Crippen molar-refractivity contribution in [2.75, 3.05) is 31.2 Å². The fourth-order valence-electron chi connectivity index (χ4n) is 2.37. The standard InChI is InChI=1S/C16H24N2OS/c1-3-13-4-6-14(7-5-13)17-16(19)12-20-15-8-10-18(2)11-9-15/h4-7,15H,3,8-12H2,1-2H3,(H,17,19). The number of amides is 1. The zero-order valence-corrected chi connectivity index (χ0v) is 13.2. The minimum Gasteiger partial charge on any atom is -0.325 e. The van der Waals surface area contributed by atoms with Crippen LogP contribution in [-0.2, 0) is 11.2 Å². The second-order valence-electron chi connectivity index (χ2n) is 5.41. The van der Waals surface area contributed by atoms with Crippen molar-refractivity contribution >= 4 is 23.4 Å². The number of nitrogens with one attached hydrogen (secondary N) is 1. The predicted molar refractivity (Wildman–Crippen MR) is 87.4 cm³/mol. The van der Waals surface area contributed by atoms with Gasteiger partial charge in [0, 0.05) is 10.9 Å². The molecule has 1 heterocycles. The van der Waals surface area contributed by atoms with Gasteiger partial charge in [0.15, 0.2) is 0 Å². The molecule has 1 aromatic carbocycles. The highest BCUT2D eigenvalue weighted by Gasteiger charge is 2.17. The summed E-state index contributed by atoms with van der Waals surface area (Å²) < 4.78 is 0. The van der Waals surface area contributed by atoms with Crippen LogP contribution in [0.5, 0.6) is 0 Å². The molecule has 0 saturated carbocycles. The number of rotatable bonds is 5. The first-order chi connectivity index (χ1) is 9.67. The normalized spacial score (nSPS) is 17.1. The number of hydrogen-bond acceptors (Lipinski definition) is 3. The third-order valence-corrected chi connectivity index (χ3v) is 5.13. The third-order valence-electron chi connectivity index (χ3n) is 3.76. The average Bonchev–Trinajstić information content (AvgIpc) is 2.47. The lowest BCUT2D eigenvalue weighted by Crippen LogP contribution is -2.32. The molecule has 110 valence electrons. The fraction of sp³-hybridized carbons (Fsp3) is 0.562. The molecule has 1 aromatic rings. The highest BCUT2D eigenvalue weighted by Crippen LogP contribution is 2.22. The molecular formula is C16H24N2OS. The van der Waals surface area contributed by atoms with Crippen molar-refractivity contribution in [1.29, 1.82) is 0 Å². The zero-order chi connectivity index (χ0) is 14.4. The quantitative estimate of drug-likeness (QED) is 0.905. The van der Waals surface area contributed by atoms with Crippen LogP contribution in [0.2, 0.25) is 0 Å². The highest BCUT2D eigenvalue weighted by atomic mass is 32.2. The van der Waals surface area contributed by atoms with Crippen LogP contribution in [0.25, 0.3) is 0 Å². The van der Waals surface area contributed by atoms with Crippen LogP contribution in [0.1, 0.15) is 25.3 Å². The summed E-state index contributed by atoms with van der Waals surface area (Å²) in [5, 5.41) is 3.61. The Morgan fingerprint density at radius 3 is 2.55 bits per heavy atom. The third kappa shape index (κ3) is 4.84. The van der Waals surface area contributed by atoms with E-state index in [1.54, 1.807) is 11.8 Å². The van der Waals surface area contributed by atoms with Crippen molar-refractivity contribution in [3.63, 3.8) is 0 Å². The topological polar surface area (TPSA) is 32.3 Å². The van der Waals surface area contributed by atoms with Crippen LogP contribution < -0.4 is 5.32 Å². The van der Waals surface area contributed by atoms with Crippen LogP contribution >= 0.6 is 11.8 Å². The summed E-state index contributed by atoms with van der Waals surface area (Å²) in [6.45, 7) is 4.43. The van der Waals surface area contributed by atoms with Gasteiger partial charge in [0.05, 0.1) is 5.75 Å². The van der Waals surface area contributed by atoms with E-state index in [0.29, 0.717) is 11.0 Å². The van der Waals surface area contributed by atoms with Gasteiger partial charge in [-0.2, -0.15) is 0 Å². The van der Waals surface area contributed by atoms with Crippen molar-refractivity contribution in [2.24, 2.45) is 0 Å². The van der Waals surface area contributed by atoms with Crippen LogP contribution in [0.3, 0.4) is 0 Å². The van der Waals surface area contributed by atoms with Gasteiger partial charge in [-0.3, -0.25) is 4.79 Å². The molecule has 0 bridgehead atoms. The van der Waals surface area contributed by atoms with E-state index in [1.807, 2.05) is 12.1 Å². The molecule has 1 aliphatic rings. The molecule has 2 rings (SSSR count). The molecule has 1 fully saturated rings. The summed E-state index contributed by atoms with van der Waals surface area (Å²) in [6, 6.07) is 8.10. The molecule has 0 spiro atoms. The molecule has 1 amide bonds. The molecule has 20 heavy (non-hydrogen) atoms. The zero-order valence-electron chi connectivity index (χ0n) is 12.4. The number of carbonyl (C=O) groups is 1. The lowest BCUT2D eigenvalue weighted by Gasteiger charge is -2.28. The van der Waals surface area contributed by atoms with Gasteiger partial charge in [-0.15, -0.1) is 11.8 Å². The summed E-state index contributed by atoms with van der Waals surface area (Å²) in [7, 11) is 2.16. The molecule has 1 N–H and O–H groups in total. The summed E-state index contributed by atoms with van der Waals surface area (Å²) in [5.41, 5.74) is 2.19. The van der Waals surface area contributed by atoms with Crippen LogP contribution in [0.15, 0.2) is 24.3 Å². The van der Waals surface area contributed by atoms with Gasteiger partial charge in [-0.05, 0) is 57.1 Å². The molecule has 0 unspecified atom stereocenters. The number of carbonyl (C=O) groups excluding carboxylic acids is 1. The Kier molecular flexibility index (Phi) is 5.92. The Morgan fingerprint density at radius 2 is 1.95 bits per heavy atom. The molecule has 0 aliphatic carbocycles. The minimum absolute atomic E-state index is 0.109. The number of nitrogens with zero attached hydrogens (tertiary/aromatic N) is 1. The second kappa shape index (κ2) is 7.70. The number of piperidine rings is 1. The van der Waals surface area contributed by atoms with E-state index in [-0.39, 0.29) is 5.91 Å². The van der Waals surface area contributed by atoms with E-state index in [2.05, 4.69) is 36.3 Å². The average molecular weight is 292 g/mol. The number of anilines is 1. The van der Waals surface area contributed by atoms with Gasteiger partial charge in [0.25, 0.3) is 0 Å². The van der Waals surface area contributed by atoms with Gasteiger partial charge in [0.1, 0.15) is 0 Å². The van der Waals surface area contributed by atoms with Crippen molar-refractivity contribution in [2.45, 2.75) is 31.4 Å². The van der Waals surface area contributed by atoms with E-state index < -0.39 is 0 Å². The first kappa shape index (κ1) is 15.4. The fourth-order valence-corrected chi connectivity index (χ4v) is 3.37. The number of thioether (sulfide) groups is 1. The largest absolute Gasteiger partial charge is 0.325 e. The maximum Gasteiger partial charge on any atom is 0.234 e. The molecule has 1 aliphatic heterocycles. The molecule has 0 aromatic heterocycles. The first-order valence-corrected chi connectivity index (χ1v) is 8.41. The summed E-state index contributed by atoms with van der Waals surface area (Å²) in [4.78, 5) is 14.3. The summed E-state index contributed by atoms with van der Waals surface area (Å²) in [5.74, 6) is 0.669. The van der Waals surface area contributed by atoms with Crippen LogP contribution in [-0.4, -0.2) is 41.9 Å². The number of likely N-dealkylation sites (tertiary alicyclic amines) is 1. The Hall–Kier alpha value is -1.00. The highest BCUT2D eigenvalue weighted by molar-refractivity contribution is 8.00. The van der Waals surface area contributed by atoms with E-state index in [4.69, 9.17) is 0 Å². The molecule has 1 saturated heterocycles.